The molecule has 94 valence electrons. The fourth-order valence-corrected chi connectivity index (χ4v) is 1.84. The molecule has 0 saturated heterocycles. The highest BCUT2D eigenvalue weighted by molar-refractivity contribution is 6.30. The highest BCUT2D eigenvalue weighted by Gasteiger charge is 2.04. The Balaban J connectivity index is 2.32. The van der Waals surface area contributed by atoms with Gasteiger partial charge in [0.1, 0.15) is 5.82 Å². The van der Waals surface area contributed by atoms with Gasteiger partial charge in [-0.05, 0) is 31.7 Å². The molecule has 0 bridgehead atoms. The van der Waals surface area contributed by atoms with Crippen LogP contribution in [0.15, 0.2) is 30.3 Å². The Bertz CT molecular complexity index is 523. The number of benzene rings is 1. The van der Waals surface area contributed by atoms with E-state index in [0.717, 1.165) is 34.3 Å². The minimum absolute atomic E-state index is 0.693. The van der Waals surface area contributed by atoms with Gasteiger partial charge in [0, 0.05) is 16.3 Å². The SMILES string of the molecule is CCNCc1nc(C)cc(-c2ccc(Cl)cc2)n1. The van der Waals surface area contributed by atoms with Crippen molar-refractivity contribution in [2.24, 2.45) is 0 Å². The van der Waals surface area contributed by atoms with Crippen molar-refractivity contribution in [1.82, 2.24) is 15.3 Å². The molecule has 0 aliphatic carbocycles. The maximum atomic E-state index is 5.89. The lowest BCUT2D eigenvalue weighted by Gasteiger charge is -2.06. The van der Waals surface area contributed by atoms with Gasteiger partial charge < -0.3 is 5.32 Å². The molecule has 1 aromatic heterocycles. The monoisotopic (exact) mass is 261 g/mol. The molecule has 18 heavy (non-hydrogen) atoms. The standard InChI is InChI=1S/C14H16ClN3/c1-3-16-9-14-17-10(2)8-13(18-14)11-4-6-12(15)7-5-11/h4-8,16H,3,9H2,1-2H3. The second-order valence-corrected chi connectivity index (χ2v) is 4.53. The topological polar surface area (TPSA) is 37.8 Å². The van der Waals surface area contributed by atoms with E-state index in [2.05, 4.69) is 22.2 Å². The number of hydrogen-bond acceptors (Lipinski definition) is 3. The summed E-state index contributed by atoms with van der Waals surface area (Å²) in [5.41, 5.74) is 2.97. The van der Waals surface area contributed by atoms with Gasteiger partial charge in [-0.3, -0.25) is 0 Å². The van der Waals surface area contributed by atoms with E-state index < -0.39 is 0 Å². The number of nitrogens with zero attached hydrogens (tertiary/aromatic N) is 2. The Morgan fingerprint density at radius 3 is 2.56 bits per heavy atom. The van der Waals surface area contributed by atoms with Crippen LogP contribution in [0.3, 0.4) is 0 Å². The smallest absolute Gasteiger partial charge is 0.143 e. The molecule has 0 fully saturated rings. The number of aromatic nitrogens is 2. The van der Waals surface area contributed by atoms with E-state index in [-0.39, 0.29) is 0 Å². The first-order valence-electron chi connectivity index (χ1n) is 6.00. The Labute approximate surface area is 112 Å². The summed E-state index contributed by atoms with van der Waals surface area (Å²) in [4.78, 5) is 8.97. The van der Waals surface area contributed by atoms with Gasteiger partial charge in [-0.1, -0.05) is 30.7 Å². The fraction of sp³-hybridized carbons (Fsp3) is 0.286. The molecule has 1 heterocycles. The van der Waals surface area contributed by atoms with E-state index >= 15 is 0 Å². The number of hydrogen-bond donors (Lipinski definition) is 1. The molecule has 0 atom stereocenters. The molecular weight excluding hydrogens is 246 g/mol. The van der Waals surface area contributed by atoms with Crippen LogP contribution in [-0.2, 0) is 6.54 Å². The average molecular weight is 262 g/mol. The molecule has 1 aromatic carbocycles. The van der Waals surface area contributed by atoms with Gasteiger partial charge in [0.15, 0.2) is 0 Å². The van der Waals surface area contributed by atoms with Crippen molar-refractivity contribution in [1.29, 1.82) is 0 Å². The summed E-state index contributed by atoms with van der Waals surface area (Å²) < 4.78 is 0. The summed E-state index contributed by atoms with van der Waals surface area (Å²) in [5.74, 6) is 0.821. The fourth-order valence-electron chi connectivity index (χ4n) is 1.71. The van der Waals surface area contributed by atoms with E-state index in [0.29, 0.717) is 6.54 Å². The molecule has 4 heteroatoms. The molecular formula is C14H16ClN3. The lowest BCUT2D eigenvalue weighted by atomic mass is 10.1. The second-order valence-electron chi connectivity index (χ2n) is 4.10. The van der Waals surface area contributed by atoms with E-state index in [4.69, 9.17) is 11.6 Å². The number of rotatable bonds is 4. The number of aryl methyl sites for hydroxylation is 1. The minimum Gasteiger partial charge on any atom is -0.310 e. The highest BCUT2D eigenvalue weighted by Crippen LogP contribution is 2.20. The summed E-state index contributed by atoms with van der Waals surface area (Å²) in [6, 6.07) is 9.68. The van der Waals surface area contributed by atoms with Crippen LogP contribution in [0, 0.1) is 6.92 Å². The van der Waals surface area contributed by atoms with Crippen LogP contribution in [0.25, 0.3) is 11.3 Å². The largest absolute Gasteiger partial charge is 0.310 e. The Morgan fingerprint density at radius 1 is 1.17 bits per heavy atom. The summed E-state index contributed by atoms with van der Waals surface area (Å²) in [5, 5.41) is 3.97. The number of halogens is 1. The summed E-state index contributed by atoms with van der Waals surface area (Å²) in [6.45, 7) is 5.65. The molecule has 0 spiro atoms. The van der Waals surface area contributed by atoms with Crippen LogP contribution in [0.1, 0.15) is 18.4 Å². The Morgan fingerprint density at radius 2 is 1.89 bits per heavy atom. The molecule has 3 nitrogen and oxygen atoms in total. The van der Waals surface area contributed by atoms with Gasteiger partial charge in [-0.25, -0.2) is 9.97 Å². The van der Waals surface area contributed by atoms with Crippen molar-refractivity contribution in [3.63, 3.8) is 0 Å². The van der Waals surface area contributed by atoms with Gasteiger partial charge in [0.05, 0.1) is 12.2 Å². The highest BCUT2D eigenvalue weighted by atomic mass is 35.5. The Kier molecular flexibility index (Phi) is 4.28. The summed E-state index contributed by atoms with van der Waals surface area (Å²) in [7, 11) is 0. The molecule has 1 N–H and O–H groups in total. The van der Waals surface area contributed by atoms with Gasteiger partial charge in [-0.15, -0.1) is 0 Å². The first kappa shape index (κ1) is 13.0. The van der Waals surface area contributed by atoms with E-state index in [1.54, 1.807) is 0 Å². The van der Waals surface area contributed by atoms with Gasteiger partial charge >= 0.3 is 0 Å². The lowest BCUT2D eigenvalue weighted by Crippen LogP contribution is -2.15. The predicted molar refractivity (Wildman–Crippen MR) is 74.6 cm³/mol. The van der Waals surface area contributed by atoms with Crippen molar-refractivity contribution in [3.8, 4) is 11.3 Å². The molecule has 0 saturated carbocycles. The van der Waals surface area contributed by atoms with Crippen molar-refractivity contribution in [2.75, 3.05) is 6.54 Å². The predicted octanol–water partition coefficient (Wildman–Crippen LogP) is 3.21. The van der Waals surface area contributed by atoms with E-state index in [9.17, 15) is 0 Å². The van der Waals surface area contributed by atoms with Crippen LogP contribution in [0.5, 0.6) is 0 Å². The third kappa shape index (κ3) is 3.28. The maximum Gasteiger partial charge on any atom is 0.143 e. The van der Waals surface area contributed by atoms with Gasteiger partial charge in [-0.2, -0.15) is 0 Å². The molecule has 2 rings (SSSR count). The molecule has 2 aromatic rings. The maximum absolute atomic E-state index is 5.89. The zero-order valence-electron chi connectivity index (χ0n) is 10.6. The van der Waals surface area contributed by atoms with Crippen LogP contribution in [-0.4, -0.2) is 16.5 Å². The summed E-state index contributed by atoms with van der Waals surface area (Å²) >= 11 is 5.89. The van der Waals surface area contributed by atoms with Crippen LogP contribution in [0.4, 0.5) is 0 Å². The molecule has 0 aliphatic heterocycles. The molecule has 0 aliphatic rings. The molecule has 0 amide bonds. The van der Waals surface area contributed by atoms with Crippen molar-refractivity contribution < 1.29 is 0 Å². The van der Waals surface area contributed by atoms with Crippen LogP contribution in [0.2, 0.25) is 5.02 Å². The quantitative estimate of drug-likeness (QED) is 0.918. The number of nitrogens with one attached hydrogen (secondary N) is 1. The minimum atomic E-state index is 0.693. The zero-order valence-corrected chi connectivity index (χ0v) is 11.3. The third-order valence-corrected chi connectivity index (χ3v) is 2.83. The van der Waals surface area contributed by atoms with Gasteiger partial charge in [0.25, 0.3) is 0 Å². The Hall–Kier alpha value is -1.45. The van der Waals surface area contributed by atoms with Crippen molar-refractivity contribution in [2.45, 2.75) is 20.4 Å². The van der Waals surface area contributed by atoms with E-state index in [1.165, 1.54) is 0 Å². The third-order valence-electron chi connectivity index (χ3n) is 2.57. The van der Waals surface area contributed by atoms with Crippen molar-refractivity contribution in [3.05, 3.63) is 46.9 Å². The zero-order chi connectivity index (χ0) is 13.0. The normalized spacial score (nSPS) is 10.6. The second kappa shape index (κ2) is 5.94. The first-order valence-corrected chi connectivity index (χ1v) is 6.38. The van der Waals surface area contributed by atoms with Crippen LogP contribution >= 0.6 is 11.6 Å². The van der Waals surface area contributed by atoms with Crippen molar-refractivity contribution >= 4 is 11.6 Å². The van der Waals surface area contributed by atoms with Gasteiger partial charge in [0.2, 0.25) is 0 Å². The molecule has 0 radical (unpaired) electrons. The molecule has 0 unspecified atom stereocenters. The lowest BCUT2D eigenvalue weighted by molar-refractivity contribution is 0.688. The summed E-state index contributed by atoms with van der Waals surface area (Å²) in [6.07, 6.45) is 0. The van der Waals surface area contributed by atoms with E-state index in [1.807, 2.05) is 37.3 Å². The van der Waals surface area contributed by atoms with Crippen LogP contribution < -0.4 is 5.32 Å². The first-order chi connectivity index (χ1) is 8.69. The average Bonchev–Trinajstić information content (AvgIpc) is 2.36.